The Hall–Kier alpha value is -2.01. The molecule has 0 unspecified atom stereocenters. The van der Waals surface area contributed by atoms with Crippen LogP contribution >= 0.6 is 15.9 Å². The third-order valence-corrected chi connectivity index (χ3v) is 3.33. The Labute approximate surface area is 119 Å². The molecule has 0 aliphatic carbocycles. The molecule has 5 heteroatoms. The molecule has 2 aromatic rings. The topological polar surface area (TPSA) is 78.3 Å². The standard InChI is InChI=1S/C14H13BrN2O2/c15-12-6-1-9(7-13(12)16)8-19-11-4-2-10(3-5-11)14(17)18/h1-7H,8,16H2,(H2,17,18). The zero-order valence-corrected chi connectivity index (χ0v) is 11.7. The van der Waals surface area contributed by atoms with Gasteiger partial charge < -0.3 is 16.2 Å². The SMILES string of the molecule is NC(=O)c1ccc(OCc2ccc(Br)c(N)c2)cc1. The van der Waals surface area contributed by atoms with Crippen LogP contribution in [0.1, 0.15) is 15.9 Å². The second-order valence-electron chi connectivity index (χ2n) is 4.03. The molecule has 0 aromatic heterocycles. The van der Waals surface area contributed by atoms with Crippen molar-refractivity contribution < 1.29 is 9.53 Å². The molecule has 4 N–H and O–H groups in total. The Morgan fingerprint density at radius 1 is 1.16 bits per heavy atom. The first-order valence-electron chi connectivity index (χ1n) is 5.63. The van der Waals surface area contributed by atoms with Crippen molar-refractivity contribution in [2.45, 2.75) is 6.61 Å². The Morgan fingerprint density at radius 3 is 2.42 bits per heavy atom. The number of carbonyl (C=O) groups is 1. The summed E-state index contributed by atoms with van der Waals surface area (Å²) in [5, 5.41) is 0. The Bertz CT molecular complexity index is 597. The highest BCUT2D eigenvalue weighted by atomic mass is 79.9. The van der Waals surface area contributed by atoms with Gasteiger partial charge in [0.05, 0.1) is 0 Å². The summed E-state index contributed by atoms with van der Waals surface area (Å²) in [4.78, 5) is 10.9. The fraction of sp³-hybridized carbons (Fsp3) is 0.0714. The van der Waals surface area contributed by atoms with Gasteiger partial charge in [0.25, 0.3) is 0 Å². The van der Waals surface area contributed by atoms with Gasteiger partial charge in [-0.1, -0.05) is 6.07 Å². The van der Waals surface area contributed by atoms with E-state index in [0.717, 1.165) is 10.0 Å². The van der Waals surface area contributed by atoms with E-state index in [-0.39, 0.29) is 0 Å². The first-order chi connectivity index (χ1) is 9.06. The van der Waals surface area contributed by atoms with Crippen LogP contribution in [0.15, 0.2) is 46.9 Å². The van der Waals surface area contributed by atoms with Crippen LogP contribution in [-0.2, 0) is 6.61 Å². The number of hydrogen-bond acceptors (Lipinski definition) is 3. The highest BCUT2D eigenvalue weighted by molar-refractivity contribution is 9.10. The molecule has 0 aliphatic heterocycles. The molecule has 2 aromatic carbocycles. The summed E-state index contributed by atoms with van der Waals surface area (Å²) in [7, 11) is 0. The number of benzene rings is 2. The van der Waals surface area contributed by atoms with E-state index in [9.17, 15) is 4.79 Å². The molecule has 0 saturated heterocycles. The van der Waals surface area contributed by atoms with Gasteiger partial charge in [-0.2, -0.15) is 0 Å². The van der Waals surface area contributed by atoms with Crippen LogP contribution in [0.2, 0.25) is 0 Å². The summed E-state index contributed by atoms with van der Waals surface area (Å²) in [5.74, 6) is 0.221. The number of rotatable bonds is 4. The molecule has 1 amide bonds. The van der Waals surface area contributed by atoms with E-state index >= 15 is 0 Å². The predicted octanol–water partition coefficient (Wildman–Crippen LogP) is 2.71. The molecule has 19 heavy (non-hydrogen) atoms. The second kappa shape index (κ2) is 5.75. The maximum absolute atomic E-state index is 10.9. The van der Waals surface area contributed by atoms with Gasteiger partial charge in [0.15, 0.2) is 0 Å². The summed E-state index contributed by atoms with van der Waals surface area (Å²) >= 11 is 3.34. The molecule has 0 atom stereocenters. The molecular formula is C14H13BrN2O2. The van der Waals surface area contributed by atoms with Crippen molar-refractivity contribution in [1.82, 2.24) is 0 Å². The van der Waals surface area contributed by atoms with E-state index < -0.39 is 5.91 Å². The van der Waals surface area contributed by atoms with E-state index in [1.54, 1.807) is 24.3 Å². The molecular weight excluding hydrogens is 308 g/mol. The van der Waals surface area contributed by atoms with E-state index in [4.69, 9.17) is 16.2 Å². The highest BCUT2D eigenvalue weighted by Gasteiger charge is 2.02. The fourth-order valence-corrected chi connectivity index (χ4v) is 1.81. The van der Waals surface area contributed by atoms with Crippen molar-refractivity contribution >= 4 is 27.5 Å². The van der Waals surface area contributed by atoms with E-state index in [1.807, 2.05) is 18.2 Å². The van der Waals surface area contributed by atoms with Crippen molar-refractivity contribution in [2.75, 3.05) is 5.73 Å². The molecule has 0 saturated carbocycles. The molecule has 0 aliphatic rings. The number of carbonyl (C=O) groups excluding carboxylic acids is 1. The van der Waals surface area contributed by atoms with Crippen LogP contribution in [0.3, 0.4) is 0 Å². The normalized spacial score (nSPS) is 10.2. The van der Waals surface area contributed by atoms with Gasteiger partial charge in [-0.25, -0.2) is 0 Å². The smallest absolute Gasteiger partial charge is 0.248 e. The lowest BCUT2D eigenvalue weighted by atomic mass is 10.2. The third kappa shape index (κ3) is 3.48. The molecule has 0 radical (unpaired) electrons. The average Bonchev–Trinajstić information content (AvgIpc) is 2.40. The van der Waals surface area contributed by atoms with Crippen molar-refractivity contribution in [1.29, 1.82) is 0 Å². The first kappa shape index (κ1) is 13.4. The van der Waals surface area contributed by atoms with Crippen LogP contribution in [-0.4, -0.2) is 5.91 Å². The lowest BCUT2D eigenvalue weighted by molar-refractivity contribution is 0.100. The Balaban J connectivity index is 2.01. The number of hydrogen-bond donors (Lipinski definition) is 2. The quantitative estimate of drug-likeness (QED) is 0.850. The fourth-order valence-electron chi connectivity index (χ4n) is 1.57. The minimum absolute atomic E-state index is 0.410. The van der Waals surface area contributed by atoms with Crippen molar-refractivity contribution in [3.8, 4) is 5.75 Å². The van der Waals surface area contributed by atoms with Crippen LogP contribution < -0.4 is 16.2 Å². The third-order valence-electron chi connectivity index (χ3n) is 2.60. The number of halogens is 1. The summed E-state index contributed by atoms with van der Waals surface area (Å²) in [6, 6.07) is 12.3. The monoisotopic (exact) mass is 320 g/mol. The van der Waals surface area contributed by atoms with Gasteiger partial charge >= 0.3 is 0 Å². The van der Waals surface area contributed by atoms with Crippen LogP contribution in [0.25, 0.3) is 0 Å². The van der Waals surface area contributed by atoms with Gasteiger partial charge in [-0.3, -0.25) is 4.79 Å². The lowest BCUT2D eigenvalue weighted by Gasteiger charge is -2.08. The maximum Gasteiger partial charge on any atom is 0.248 e. The van der Waals surface area contributed by atoms with Gasteiger partial charge in [-0.15, -0.1) is 0 Å². The zero-order valence-electron chi connectivity index (χ0n) is 10.1. The zero-order chi connectivity index (χ0) is 13.8. The summed E-state index contributed by atoms with van der Waals surface area (Å²) in [5.41, 5.74) is 13.1. The largest absolute Gasteiger partial charge is 0.489 e. The highest BCUT2D eigenvalue weighted by Crippen LogP contribution is 2.21. The van der Waals surface area contributed by atoms with E-state index in [1.165, 1.54) is 0 Å². The lowest BCUT2D eigenvalue weighted by Crippen LogP contribution is -2.10. The number of primary amides is 1. The number of nitrogens with two attached hydrogens (primary N) is 2. The predicted molar refractivity (Wildman–Crippen MR) is 77.8 cm³/mol. The molecule has 4 nitrogen and oxygen atoms in total. The van der Waals surface area contributed by atoms with E-state index in [2.05, 4.69) is 15.9 Å². The average molecular weight is 321 g/mol. The van der Waals surface area contributed by atoms with Crippen molar-refractivity contribution in [3.05, 3.63) is 58.1 Å². The second-order valence-corrected chi connectivity index (χ2v) is 4.89. The number of amides is 1. The van der Waals surface area contributed by atoms with Gasteiger partial charge in [0.2, 0.25) is 5.91 Å². The van der Waals surface area contributed by atoms with Gasteiger partial charge in [0, 0.05) is 15.7 Å². The number of ether oxygens (including phenoxy) is 1. The number of anilines is 1. The number of nitrogen functional groups attached to an aromatic ring is 1. The van der Waals surface area contributed by atoms with E-state index in [0.29, 0.717) is 23.6 Å². The van der Waals surface area contributed by atoms with Crippen LogP contribution in [0.5, 0.6) is 5.75 Å². The van der Waals surface area contributed by atoms with Crippen LogP contribution in [0.4, 0.5) is 5.69 Å². The molecule has 0 fully saturated rings. The molecule has 0 spiro atoms. The van der Waals surface area contributed by atoms with Gasteiger partial charge in [0.1, 0.15) is 12.4 Å². The Morgan fingerprint density at radius 2 is 1.84 bits per heavy atom. The summed E-state index contributed by atoms with van der Waals surface area (Å²) < 4.78 is 6.46. The summed E-state index contributed by atoms with van der Waals surface area (Å²) in [6.45, 7) is 0.410. The summed E-state index contributed by atoms with van der Waals surface area (Å²) in [6.07, 6.45) is 0. The van der Waals surface area contributed by atoms with Gasteiger partial charge in [-0.05, 0) is 57.9 Å². The minimum Gasteiger partial charge on any atom is -0.489 e. The molecule has 0 bridgehead atoms. The Kier molecular flexibility index (Phi) is 4.06. The van der Waals surface area contributed by atoms with Crippen molar-refractivity contribution in [2.24, 2.45) is 5.73 Å². The first-order valence-corrected chi connectivity index (χ1v) is 6.42. The molecule has 0 heterocycles. The molecule has 98 valence electrons. The van der Waals surface area contributed by atoms with Crippen LogP contribution in [0, 0.1) is 0 Å². The maximum atomic E-state index is 10.9. The van der Waals surface area contributed by atoms with Crippen molar-refractivity contribution in [3.63, 3.8) is 0 Å². The minimum atomic E-state index is -0.452. The molecule has 2 rings (SSSR count).